The molecule has 1 unspecified atom stereocenters. The Bertz CT molecular complexity index is 583. The SMILES string of the molecule is CCc1ccc2c(c1)c(C(C)CC(=O)O)cn2C. The number of carboxylic acid groups (broad SMARTS) is 1. The molecule has 0 bridgehead atoms. The van der Waals surface area contributed by atoms with Crippen molar-refractivity contribution in [2.45, 2.75) is 32.6 Å². The molecule has 96 valence electrons. The van der Waals surface area contributed by atoms with Gasteiger partial charge in [0.15, 0.2) is 0 Å². The molecule has 0 aliphatic heterocycles. The first-order valence-electron chi connectivity index (χ1n) is 6.32. The van der Waals surface area contributed by atoms with E-state index < -0.39 is 5.97 Å². The fourth-order valence-electron chi connectivity index (χ4n) is 2.45. The largest absolute Gasteiger partial charge is 0.481 e. The van der Waals surface area contributed by atoms with Crippen molar-refractivity contribution < 1.29 is 9.90 Å². The van der Waals surface area contributed by atoms with Gasteiger partial charge in [-0.25, -0.2) is 0 Å². The lowest BCUT2D eigenvalue weighted by Crippen LogP contribution is -2.02. The van der Waals surface area contributed by atoms with E-state index in [-0.39, 0.29) is 12.3 Å². The molecule has 2 aromatic rings. The van der Waals surface area contributed by atoms with Crippen LogP contribution >= 0.6 is 0 Å². The Morgan fingerprint density at radius 2 is 2.17 bits per heavy atom. The van der Waals surface area contributed by atoms with Gasteiger partial charge in [0.25, 0.3) is 0 Å². The lowest BCUT2D eigenvalue weighted by atomic mass is 9.96. The number of rotatable bonds is 4. The number of hydrogen-bond acceptors (Lipinski definition) is 1. The molecule has 0 saturated heterocycles. The van der Waals surface area contributed by atoms with Crippen molar-refractivity contribution in [2.24, 2.45) is 7.05 Å². The molecule has 3 nitrogen and oxygen atoms in total. The fraction of sp³-hybridized carbons (Fsp3) is 0.400. The quantitative estimate of drug-likeness (QED) is 0.897. The average molecular weight is 245 g/mol. The minimum Gasteiger partial charge on any atom is -0.481 e. The summed E-state index contributed by atoms with van der Waals surface area (Å²) < 4.78 is 2.07. The Balaban J connectivity index is 2.52. The molecule has 1 atom stereocenters. The summed E-state index contributed by atoms with van der Waals surface area (Å²) in [7, 11) is 2.00. The van der Waals surface area contributed by atoms with Crippen molar-refractivity contribution >= 4 is 16.9 Å². The molecule has 18 heavy (non-hydrogen) atoms. The van der Waals surface area contributed by atoms with Crippen molar-refractivity contribution in [1.82, 2.24) is 4.57 Å². The van der Waals surface area contributed by atoms with Gasteiger partial charge in [-0.2, -0.15) is 0 Å². The molecule has 0 aliphatic rings. The number of fused-ring (bicyclic) bond motifs is 1. The lowest BCUT2D eigenvalue weighted by Gasteiger charge is -2.07. The Labute approximate surface area is 107 Å². The van der Waals surface area contributed by atoms with Crippen molar-refractivity contribution in [3.8, 4) is 0 Å². The third-order valence-corrected chi connectivity index (χ3v) is 3.50. The van der Waals surface area contributed by atoms with E-state index >= 15 is 0 Å². The second-order valence-corrected chi connectivity index (χ2v) is 4.90. The van der Waals surface area contributed by atoms with Gasteiger partial charge in [0.1, 0.15) is 0 Å². The number of aromatic nitrogens is 1. The number of hydrogen-bond donors (Lipinski definition) is 1. The Hall–Kier alpha value is -1.77. The number of benzene rings is 1. The normalized spacial score (nSPS) is 12.8. The van der Waals surface area contributed by atoms with Crippen LogP contribution in [0.25, 0.3) is 10.9 Å². The molecule has 0 spiro atoms. The summed E-state index contributed by atoms with van der Waals surface area (Å²) in [5, 5.41) is 10.1. The van der Waals surface area contributed by atoms with Gasteiger partial charge < -0.3 is 9.67 Å². The van der Waals surface area contributed by atoms with E-state index in [0.29, 0.717) is 0 Å². The predicted octanol–water partition coefficient (Wildman–Crippen LogP) is 3.32. The number of carbonyl (C=O) groups is 1. The van der Waals surface area contributed by atoms with E-state index in [4.69, 9.17) is 5.11 Å². The molecule has 1 aromatic carbocycles. The second kappa shape index (κ2) is 4.84. The van der Waals surface area contributed by atoms with Gasteiger partial charge in [0, 0.05) is 24.1 Å². The molecule has 0 aliphatic carbocycles. The molecular formula is C15H19NO2. The summed E-state index contributed by atoms with van der Waals surface area (Å²) in [5.74, 6) is -0.704. The third-order valence-electron chi connectivity index (χ3n) is 3.50. The maximum absolute atomic E-state index is 10.8. The number of aliphatic carboxylic acids is 1. The van der Waals surface area contributed by atoms with Crippen LogP contribution in [0.4, 0.5) is 0 Å². The highest BCUT2D eigenvalue weighted by Crippen LogP contribution is 2.30. The Morgan fingerprint density at radius 3 is 2.78 bits per heavy atom. The van der Waals surface area contributed by atoms with Crippen LogP contribution in [0.2, 0.25) is 0 Å². The zero-order valence-electron chi connectivity index (χ0n) is 11.1. The summed E-state index contributed by atoms with van der Waals surface area (Å²) in [6, 6.07) is 6.43. The van der Waals surface area contributed by atoms with Gasteiger partial charge in [-0.1, -0.05) is 19.9 Å². The van der Waals surface area contributed by atoms with Crippen LogP contribution in [0.1, 0.15) is 37.3 Å². The van der Waals surface area contributed by atoms with E-state index in [1.54, 1.807) is 0 Å². The summed E-state index contributed by atoms with van der Waals surface area (Å²) in [6.07, 6.45) is 3.23. The molecule has 1 aromatic heterocycles. The summed E-state index contributed by atoms with van der Waals surface area (Å²) in [6.45, 7) is 4.10. The minimum atomic E-state index is -0.744. The van der Waals surface area contributed by atoms with Gasteiger partial charge in [-0.3, -0.25) is 4.79 Å². The van der Waals surface area contributed by atoms with E-state index in [1.807, 2.05) is 14.0 Å². The van der Waals surface area contributed by atoms with E-state index in [1.165, 1.54) is 16.5 Å². The molecule has 1 N–H and O–H groups in total. The maximum atomic E-state index is 10.8. The predicted molar refractivity (Wildman–Crippen MR) is 73.0 cm³/mol. The van der Waals surface area contributed by atoms with E-state index in [9.17, 15) is 4.79 Å². The lowest BCUT2D eigenvalue weighted by molar-refractivity contribution is -0.137. The van der Waals surface area contributed by atoms with Crippen LogP contribution in [-0.4, -0.2) is 15.6 Å². The first kappa shape index (κ1) is 12.7. The van der Waals surface area contributed by atoms with Crippen molar-refractivity contribution in [1.29, 1.82) is 0 Å². The topological polar surface area (TPSA) is 42.2 Å². The van der Waals surface area contributed by atoms with Crippen LogP contribution in [0.15, 0.2) is 24.4 Å². The summed E-state index contributed by atoms with van der Waals surface area (Å²) >= 11 is 0. The van der Waals surface area contributed by atoms with Gasteiger partial charge in [0.2, 0.25) is 0 Å². The summed E-state index contributed by atoms with van der Waals surface area (Å²) in [4.78, 5) is 10.8. The first-order valence-corrected chi connectivity index (χ1v) is 6.32. The smallest absolute Gasteiger partial charge is 0.303 e. The monoisotopic (exact) mass is 245 g/mol. The Morgan fingerprint density at radius 1 is 1.44 bits per heavy atom. The van der Waals surface area contributed by atoms with Gasteiger partial charge in [-0.15, -0.1) is 0 Å². The second-order valence-electron chi connectivity index (χ2n) is 4.90. The Kier molecular flexibility index (Phi) is 3.41. The summed E-state index contributed by atoms with van der Waals surface area (Å²) in [5.41, 5.74) is 3.59. The zero-order chi connectivity index (χ0) is 13.3. The standard InChI is InChI=1S/C15H19NO2/c1-4-11-5-6-14-12(8-11)13(9-16(14)3)10(2)7-15(17)18/h5-6,8-10H,4,7H2,1-3H3,(H,17,18). The van der Waals surface area contributed by atoms with Crippen molar-refractivity contribution in [3.63, 3.8) is 0 Å². The van der Waals surface area contributed by atoms with Gasteiger partial charge in [-0.05, 0) is 35.6 Å². The molecule has 0 amide bonds. The van der Waals surface area contributed by atoms with Crippen molar-refractivity contribution in [3.05, 3.63) is 35.5 Å². The highest BCUT2D eigenvalue weighted by molar-refractivity contribution is 5.85. The van der Waals surface area contributed by atoms with E-state index in [0.717, 1.165) is 12.0 Å². The highest BCUT2D eigenvalue weighted by Gasteiger charge is 2.16. The molecule has 0 saturated carbocycles. The zero-order valence-corrected chi connectivity index (χ0v) is 11.1. The van der Waals surface area contributed by atoms with Crippen LogP contribution in [0.3, 0.4) is 0 Å². The minimum absolute atomic E-state index is 0.0401. The van der Waals surface area contributed by atoms with Gasteiger partial charge >= 0.3 is 5.97 Å². The molecule has 3 heteroatoms. The number of nitrogens with zero attached hydrogens (tertiary/aromatic N) is 1. The van der Waals surface area contributed by atoms with Crippen LogP contribution in [0.5, 0.6) is 0 Å². The molecule has 1 heterocycles. The van der Waals surface area contributed by atoms with Crippen LogP contribution in [-0.2, 0) is 18.3 Å². The average Bonchev–Trinajstić information content (AvgIpc) is 2.65. The van der Waals surface area contributed by atoms with Gasteiger partial charge in [0.05, 0.1) is 6.42 Å². The molecule has 0 fully saturated rings. The maximum Gasteiger partial charge on any atom is 0.303 e. The molecule has 2 rings (SSSR count). The number of carboxylic acids is 1. The van der Waals surface area contributed by atoms with Crippen molar-refractivity contribution in [2.75, 3.05) is 0 Å². The number of aryl methyl sites for hydroxylation is 2. The fourth-order valence-corrected chi connectivity index (χ4v) is 2.45. The van der Waals surface area contributed by atoms with Crippen LogP contribution in [0, 0.1) is 0 Å². The van der Waals surface area contributed by atoms with E-state index in [2.05, 4.69) is 35.9 Å². The first-order chi connectivity index (χ1) is 8.52. The molecule has 0 radical (unpaired) electrons. The van der Waals surface area contributed by atoms with Crippen LogP contribution < -0.4 is 0 Å². The molecular weight excluding hydrogens is 226 g/mol. The highest BCUT2D eigenvalue weighted by atomic mass is 16.4. The third kappa shape index (κ3) is 2.26.